The molecule has 7 rings (SSSR count). The van der Waals surface area contributed by atoms with E-state index in [9.17, 15) is 5.11 Å². The van der Waals surface area contributed by atoms with Gasteiger partial charge in [-0.3, -0.25) is 4.57 Å². The van der Waals surface area contributed by atoms with Crippen LogP contribution in [-0.4, -0.2) is 82.5 Å². The average molecular weight is 663 g/mol. The molecular weight excluding hydrogens is 624 g/mol. The second-order valence-electron chi connectivity index (χ2n) is 11.7. The van der Waals surface area contributed by atoms with Gasteiger partial charge in [-0.15, -0.1) is 0 Å². The molecule has 5 aromatic rings. The van der Waals surface area contributed by atoms with Crippen LogP contribution in [0.3, 0.4) is 0 Å². The fourth-order valence-electron chi connectivity index (χ4n) is 6.32. The van der Waals surface area contributed by atoms with E-state index in [0.717, 1.165) is 47.1 Å². The quantitative estimate of drug-likeness (QED) is 0.109. The second-order valence-corrected chi connectivity index (χ2v) is 11.7. The highest BCUT2D eigenvalue weighted by atomic mass is 16.6. The number of methoxy groups -OCH3 is 2. The van der Waals surface area contributed by atoms with Crippen molar-refractivity contribution in [1.82, 2.24) is 24.4 Å². The minimum atomic E-state index is -1.07. The SMILES string of the molecule is COc1ccc(C(OCC2=C(O)C[C@H](n3cnc4c(N=C(C)N5CCOCC5)ncnc43)O2)(c2ccccc2)c2ccc(OC)cc2)cc1. The van der Waals surface area contributed by atoms with E-state index in [1.165, 1.54) is 6.33 Å². The van der Waals surface area contributed by atoms with E-state index in [-0.39, 0.29) is 18.8 Å². The number of hydrogen-bond donors (Lipinski definition) is 1. The van der Waals surface area contributed by atoms with Gasteiger partial charge in [0.1, 0.15) is 48.0 Å². The maximum absolute atomic E-state index is 11.2. The van der Waals surface area contributed by atoms with Gasteiger partial charge in [0.15, 0.2) is 29.0 Å². The lowest BCUT2D eigenvalue weighted by molar-refractivity contribution is -0.0117. The fraction of sp³-hybridized carbons (Fsp3) is 0.297. The summed E-state index contributed by atoms with van der Waals surface area (Å²) in [6, 6.07) is 25.6. The van der Waals surface area contributed by atoms with Crippen molar-refractivity contribution in [2.45, 2.75) is 25.2 Å². The van der Waals surface area contributed by atoms with Gasteiger partial charge in [-0.25, -0.2) is 19.9 Å². The van der Waals surface area contributed by atoms with Crippen LogP contribution < -0.4 is 9.47 Å². The van der Waals surface area contributed by atoms with Gasteiger partial charge >= 0.3 is 0 Å². The van der Waals surface area contributed by atoms with Gasteiger partial charge in [-0.05, 0) is 47.9 Å². The number of benzene rings is 3. The molecule has 1 fully saturated rings. The summed E-state index contributed by atoms with van der Waals surface area (Å²) in [7, 11) is 3.27. The number of aliphatic hydroxyl groups is 1. The second kappa shape index (κ2) is 14.0. The third kappa shape index (κ3) is 6.28. The van der Waals surface area contributed by atoms with E-state index in [0.29, 0.717) is 36.0 Å². The molecule has 0 radical (unpaired) electrons. The summed E-state index contributed by atoms with van der Waals surface area (Å²) in [5.41, 5.74) is 2.67. The van der Waals surface area contributed by atoms with E-state index in [2.05, 4.69) is 19.9 Å². The summed E-state index contributed by atoms with van der Waals surface area (Å²) in [4.78, 5) is 20.4. The molecule has 0 bridgehead atoms. The Kier molecular flexibility index (Phi) is 9.14. The van der Waals surface area contributed by atoms with Gasteiger partial charge in [-0.2, -0.15) is 0 Å². The topological polar surface area (TPSA) is 126 Å². The number of aliphatic imine (C=N–C) groups is 1. The molecule has 2 aliphatic heterocycles. The van der Waals surface area contributed by atoms with Crippen molar-refractivity contribution in [1.29, 1.82) is 0 Å². The minimum absolute atomic E-state index is 0.0226. The van der Waals surface area contributed by atoms with E-state index >= 15 is 0 Å². The predicted molar refractivity (Wildman–Crippen MR) is 183 cm³/mol. The molecule has 4 heterocycles. The fourth-order valence-corrected chi connectivity index (χ4v) is 6.32. The minimum Gasteiger partial charge on any atom is -0.508 e. The first kappa shape index (κ1) is 32.1. The van der Waals surface area contributed by atoms with Crippen molar-refractivity contribution in [2.75, 3.05) is 47.1 Å². The molecule has 3 aromatic carbocycles. The Morgan fingerprint density at radius 2 is 1.51 bits per heavy atom. The van der Waals surface area contributed by atoms with Crippen LogP contribution in [0.25, 0.3) is 11.2 Å². The highest BCUT2D eigenvalue weighted by molar-refractivity contribution is 5.88. The molecule has 252 valence electrons. The molecule has 49 heavy (non-hydrogen) atoms. The number of amidine groups is 1. The predicted octanol–water partition coefficient (Wildman–Crippen LogP) is 5.92. The summed E-state index contributed by atoms with van der Waals surface area (Å²) in [5, 5.41) is 11.2. The highest BCUT2D eigenvalue weighted by Gasteiger charge is 2.40. The number of ether oxygens (including phenoxy) is 5. The number of imidazole rings is 1. The normalized spacial score (nSPS) is 17.0. The Bertz CT molecular complexity index is 1910. The molecular formula is C37H38N6O6. The number of morpholine rings is 1. The smallest absolute Gasteiger partial charge is 0.185 e. The monoisotopic (exact) mass is 662 g/mol. The van der Waals surface area contributed by atoms with Gasteiger partial charge in [0.05, 0.1) is 33.9 Å². The molecule has 1 N–H and O–H groups in total. The molecule has 1 saturated heterocycles. The Morgan fingerprint density at radius 1 is 0.878 bits per heavy atom. The van der Waals surface area contributed by atoms with E-state index in [1.54, 1.807) is 25.1 Å². The van der Waals surface area contributed by atoms with Crippen LogP contribution >= 0.6 is 0 Å². The van der Waals surface area contributed by atoms with Gasteiger partial charge in [0.2, 0.25) is 0 Å². The first-order chi connectivity index (χ1) is 24.0. The van der Waals surface area contributed by atoms with Crippen LogP contribution in [0.1, 0.15) is 36.3 Å². The Hall–Kier alpha value is -5.46. The van der Waals surface area contributed by atoms with Crippen molar-refractivity contribution in [3.8, 4) is 11.5 Å². The van der Waals surface area contributed by atoms with Crippen molar-refractivity contribution < 1.29 is 28.8 Å². The highest BCUT2D eigenvalue weighted by Crippen LogP contribution is 2.43. The number of hydrogen-bond acceptors (Lipinski definition) is 10. The first-order valence-corrected chi connectivity index (χ1v) is 16.1. The molecule has 12 heteroatoms. The largest absolute Gasteiger partial charge is 0.508 e. The van der Waals surface area contributed by atoms with E-state index in [4.69, 9.17) is 28.7 Å². The molecule has 1 atom stereocenters. The van der Waals surface area contributed by atoms with E-state index < -0.39 is 11.8 Å². The zero-order valence-electron chi connectivity index (χ0n) is 27.7. The number of aromatic nitrogens is 4. The van der Waals surface area contributed by atoms with Crippen LogP contribution in [0, 0.1) is 0 Å². The van der Waals surface area contributed by atoms with Crippen LogP contribution in [0.2, 0.25) is 0 Å². The van der Waals surface area contributed by atoms with Gasteiger partial charge in [0, 0.05) is 13.1 Å². The molecule has 2 aliphatic rings. The number of rotatable bonds is 10. The van der Waals surface area contributed by atoms with Gasteiger partial charge < -0.3 is 33.7 Å². The molecule has 0 saturated carbocycles. The number of nitrogens with zero attached hydrogens (tertiary/aromatic N) is 6. The summed E-state index contributed by atoms with van der Waals surface area (Å²) in [6.45, 7) is 4.80. The maximum atomic E-state index is 11.2. The van der Waals surface area contributed by atoms with Crippen LogP contribution in [0.4, 0.5) is 5.82 Å². The molecule has 0 aliphatic carbocycles. The Labute approximate surface area is 284 Å². The third-order valence-corrected chi connectivity index (χ3v) is 8.95. The van der Waals surface area contributed by atoms with Crippen molar-refractivity contribution in [3.05, 3.63) is 120 Å². The summed E-state index contributed by atoms with van der Waals surface area (Å²) in [5.74, 6) is 3.18. The summed E-state index contributed by atoms with van der Waals surface area (Å²) >= 11 is 0. The van der Waals surface area contributed by atoms with Crippen LogP contribution in [-0.2, 0) is 19.8 Å². The van der Waals surface area contributed by atoms with Gasteiger partial charge in [-0.1, -0.05) is 54.6 Å². The lowest BCUT2D eigenvalue weighted by Gasteiger charge is -2.36. The maximum Gasteiger partial charge on any atom is 0.185 e. The first-order valence-electron chi connectivity index (χ1n) is 16.1. The lowest BCUT2D eigenvalue weighted by Crippen LogP contribution is -2.39. The van der Waals surface area contributed by atoms with Gasteiger partial charge in [0.25, 0.3) is 0 Å². The number of aliphatic hydroxyl groups excluding tert-OH is 1. The van der Waals surface area contributed by atoms with Crippen LogP contribution in [0.15, 0.2) is 108 Å². The molecule has 12 nitrogen and oxygen atoms in total. The zero-order valence-corrected chi connectivity index (χ0v) is 27.7. The molecule has 0 unspecified atom stereocenters. The van der Waals surface area contributed by atoms with Crippen LogP contribution in [0.5, 0.6) is 11.5 Å². The number of fused-ring (bicyclic) bond motifs is 1. The summed E-state index contributed by atoms with van der Waals surface area (Å²) < 4.78 is 31.5. The molecule has 0 amide bonds. The lowest BCUT2D eigenvalue weighted by atomic mass is 9.80. The zero-order chi connectivity index (χ0) is 33.8. The van der Waals surface area contributed by atoms with Crippen molar-refractivity contribution in [2.24, 2.45) is 4.99 Å². The van der Waals surface area contributed by atoms with Crippen molar-refractivity contribution in [3.63, 3.8) is 0 Å². The van der Waals surface area contributed by atoms with Crippen molar-refractivity contribution >= 4 is 22.8 Å². The van der Waals surface area contributed by atoms with E-state index in [1.807, 2.05) is 85.8 Å². The third-order valence-electron chi connectivity index (χ3n) is 8.95. The average Bonchev–Trinajstić information content (AvgIpc) is 3.76. The molecule has 2 aromatic heterocycles. The molecule has 0 spiro atoms. The Morgan fingerprint density at radius 3 is 2.14 bits per heavy atom. The Balaban J connectivity index is 1.19. The standard InChI is InChI=1S/C37H38N6O6/c1-25(42-17-19-47-20-18-42)41-35-34-36(39-23-38-35)43(24-40-34)33-21-31(44)32(49-33)22-48-37(26-7-5-4-6-8-26,27-9-13-29(45-2)14-10-27)28-11-15-30(46-3)16-12-28/h4-16,23-24,33,44H,17-22H2,1-3H3/t33-/m1/s1. The summed E-state index contributed by atoms with van der Waals surface area (Å²) in [6.07, 6.45) is 2.73.